The van der Waals surface area contributed by atoms with E-state index in [0.29, 0.717) is 12.5 Å². The van der Waals surface area contributed by atoms with Gasteiger partial charge in [0.1, 0.15) is 6.61 Å². The lowest BCUT2D eigenvalue weighted by Crippen LogP contribution is -2.33. The molecule has 0 aromatic heterocycles. The van der Waals surface area contributed by atoms with E-state index in [2.05, 4.69) is 13.8 Å². The van der Waals surface area contributed by atoms with Crippen LogP contribution in [-0.4, -0.2) is 36.6 Å². The maximum Gasteiger partial charge on any atom is 0.409 e. The van der Waals surface area contributed by atoms with Gasteiger partial charge < -0.3 is 9.64 Å². The molecule has 0 saturated carbocycles. The lowest BCUT2D eigenvalue weighted by molar-refractivity contribution is 0.106. The summed E-state index contributed by atoms with van der Waals surface area (Å²) in [5.74, 6) is 0.362. The number of amides is 1. The molecule has 0 unspecified atom stereocenters. The van der Waals surface area contributed by atoms with Crippen molar-refractivity contribution in [1.29, 1.82) is 0 Å². The second-order valence-electron chi connectivity index (χ2n) is 3.50. The summed E-state index contributed by atoms with van der Waals surface area (Å²) in [5.41, 5.74) is 0. The molecule has 0 aliphatic heterocycles. The zero-order chi connectivity index (χ0) is 11.5. The van der Waals surface area contributed by atoms with Crippen LogP contribution in [0.2, 0.25) is 0 Å². The monoisotopic (exact) mass is 235 g/mol. The summed E-state index contributed by atoms with van der Waals surface area (Å²) in [6.07, 6.45) is 4.01. The van der Waals surface area contributed by atoms with Crippen molar-refractivity contribution in [2.75, 3.05) is 25.6 Å². The fourth-order valence-electron chi connectivity index (χ4n) is 1.21. The first-order valence-corrected chi connectivity index (χ1v) is 6.27. The highest BCUT2D eigenvalue weighted by Crippen LogP contribution is 2.02. The summed E-state index contributed by atoms with van der Waals surface area (Å²) in [5, 5.41) is 0. The molecule has 0 rings (SSSR count). The van der Waals surface area contributed by atoms with Gasteiger partial charge in [0.25, 0.3) is 0 Å². The van der Waals surface area contributed by atoms with Crippen molar-refractivity contribution >= 4 is 17.7 Å². The molecule has 0 saturated heterocycles. The normalized spacial score (nSPS) is 10.1. The molecule has 15 heavy (non-hydrogen) atoms. The van der Waals surface area contributed by atoms with Gasteiger partial charge in [-0.1, -0.05) is 26.7 Å². The van der Waals surface area contributed by atoms with Crippen molar-refractivity contribution in [1.82, 2.24) is 4.90 Å². The summed E-state index contributed by atoms with van der Waals surface area (Å²) in [6, 6.07) is 0. The Morgan fingerprint density at radius 2 is 1.73 bits per heavy atom. The van der Waals surface area contributed by atoms with E-state index in [0.717, 1.165) is 38.8 Å². The van der Waals surface area contributed by atoms with Crippen LogP contribution in [0.15, 0.2) is 0 Å². The number of carbonyl (C=O) groups is 1. The zero-order valence-corrected chi connectivity index (χ0v) is 10.6. The molecule has 0 spiro atoms. The number of hydrogen-bond acceptors (Lipinski definition) is 2. The third-order valence-electron chi connectivity index (χ3n) is 2.12. The third kappa shape index (κ3) is 7.48. The number of carbonyl (C=O) groups excluding carboxylic acids is 1. The van der Waals surface area contributed by atoms with Crippen LogP contribution in [0, 0.1) is 0 Å². The molecule has 0 heterocycles. The first-order valence-electron chi connectivity index (χ1n) is 5.73. The van der Waals surface area contributed by atoms with Crippen molar-refractivity contribution in [2.45, 2.75) is 39.5 Å². The van der Waals surface area contributed by atoms with E-state index in [1.54, 1.807) is 4.90 Å². The van der Waals surface area contributed by atoms with E-state index in [4.69, 9.17) is 16.3 Å². The molecule has 0 radical (unpaired) electrons. The standard InChI is InChI=1S/C11H22ClNO2/c1-3-5-8-13(9-6-4-2)11(14)15-10-7-12/h3-10H2,1-2H3. The second-order valence-corrected chi connectivity index (χ2v) is 3.88. The quantitative estimate of drug-likeness (QED) is 0.605. The SMILES string of the molecule is CCCCN(CCCC)C(=O)OCCCl. The molecule has 0 aromatic carbocycles. The van der Waals surface area contributed by atoms with Gasteiger partial charge in [0.05, 0.1) is 5.88 Å². The molecule has 90 valence electrons. The first kappa shape index (κ1) is 14.6. The number of unbranched alkanes of at least 4 members (excludes halogenated alkanes) is 2. The largest absolute Gasteiger partial charge is 0.448 e. The average molecular weight is 236 g/mol. The Morgan fingerprint density at radius 1 is 1.20 bits per heavy atom. The third-order valence-corrected chi connectivity index (χ3v) is 2.28. The predicted molar refractivity (Wildman–Crippen MR) is 63.5 cm³/mol. The second kappa shape index (κ2) is 10.1. The lowest BCUT2D eigenvalue weighted by Gasteiger charge is -2.21. The number of halogens is 1. The maximum absolute atomic E-state index is 11.6. The Morgan fingerprint density at radius 3 is 2.13 bits per heavy atom. The molecule has 0 aliphatic carbocycles. The number of rotatable bonds is 8. The van der Waals surface area contributed by atoms with Crippen LogP contribution in [0.1, 0.15) is 39.5 Å². The Labute approximate surface area is 97.7 Å². The average Bonchev–Trinajstić information content (AvgIpc) is 2.26. The molecule has 1 amide bonds. The summed E-state index contributed by atoms with van der Waals surface area (Å²) in [4.78, 5) is 13.3. The summed E-state index contributed by atoms with van der Waals surface area (Å²) < 4.78 is 5.00. The van der Waals surface area contributed by atoms with Gasteiger partial charge in [0.2, 0.25) is 0 Å². The fraction of sp³-hybridized carbons (Fsp3) is 0.909. The molecule has 3 nitrogen and oxygen atoms in total. The molecule has 0 N–H and O–H groups in total. The van der Waals surface area contributed by atoms with Crippen molar-refractivity contribution in [3.8, 4) is 0 Å². The van der Waals surface area contributed by atoms with Gasteiger partial charge in [-0.3, -0.25) is 0 Å². The van der Waals surface area contributed by atoms with E-state index in [1.807, 2.05) is 0 Å². The minimum atomic E-state index is -0.224. The van der Waals surface area contributed by atoms with E-state index in [-0.39, 0.29) is 6.09 Å². The van der Waals surface area contributed by atoms with Gasteiger partial charge in [-0.05, 0) is 12.8 Å². The van der Waals surface area contributed by atoms with Gasteiger partial charge in [-0.25, -0.2) is 4.79 Å². The Kier molecular flexibility index (Phi) is 9.79. The highest BCUT2D eigenvalue weighted by atomic mass is 35.5. The van der Waals surface area contributed by atoms with Crippen molar-refractivity contribution < 1.29 is 9.53 Å². The van der Waals surface area contributed by atoms with Crippen molar-refractivity contribution in [3.63, 3.8) is 0 Å². The van der Waals surface area contributed by atoms with Crippen LogP contribution >= 0.6 is 11.6 Å². The summed E-state index contributed by atoms with van der Waals surface area (Å²) in [6.45, 7) is 6.11. The van der Waals surface area contributed by atoms with Crippen molar-refractivity contribution in [2.24, 2.45) is 0 Å². The first-order chi connectivity index (χ1) is 7.26. The number of ether oxygens (including phenoxy) is 1. The van der Waals surface area contributed by atoms with Gasteiger partial charge in [-0.15, -0.1) is 11.6 Å². The van der Waals surface area contributed by atoms with Crippen LogP contribution in [0.25, 0.3) is 0 Å². The summed E-state index contributed by atoms with van der Waals surface area (Å²) >= 11 is 5.46. The molecule has 0 fully saturated rings. The molecule has 0 aliphatic rings. The highest BCUT2D eigenvalue weighted by molar-refractivity contribution is 6.18. The van der Waals surface area contributed by atoms with Crippen molar-refractivity contribution in [3.05, 3.63) is 0 Å². The molecular formula is C11H22ClNO2. The van der Waals surface area contributed by atoms with Gasteiger partial charge in [0.15, 0.2) is 0 Å². The Balaban J connectivity index is 3.90. The van der Waals surface area contributed by atoms with E-state index in [1.165, 1.54) is 0 Å². The number of nitrogens with zero attached hydrogens (tertiary/aromatic N) is 1. The van der Waals surface area contributed by atoms with Gasteiger partial charge >= 0.3 is 6.09 Å². The predicted octanol–water partition coefficient (Wildman–Crippen LogP) is 3.26. The molecule has 4 heteroatoms. The van der Waals surface area contributed by atoms with E-state index in [9.17, 15) is 4.79 Å². The fourth-order valence-corrected chi connectivity index (χ4v) is 1.29. The van der Waals surface area contributed by atoms with Gasteiger partial charge in [0, 0.05) is 13.1 Å². The molecule has 0 bridgehead atoms. The topological polar surface area (TPSA) is 29.5 Å². The van der Waals surface area contributed by atoms with Crippen LogP contribution in [0.4, 0.5) is 4.79 Å². The molecule has 0 aromatic rings. The minimum absolute atomic E-state index is 0.224. The Bertz CT molecular complexity index is 157. The van der Waals surface area contributed by atoms with Crippen LogP contribution in [0.3, 0.4) is 0 Å². The number of hydrogen-bond donors (Lipinski definition) is 0. The number of alkyl halides is 1. The zero-order valence-electron chi connectivity index (χ0n) is 9.80. The molecule has 0 atom stereocenters. The van der Waals surface area contributed by atoms with Crippen LogP contribution < -0.4 is 0 Å². The van der Waals surface area contributed by atoms with Crippen LogP contribution in [0.5, 0.6) is 0 Å². The van der Waals surface area contributed by atoms with Crippen LogP contribution in [-0.2, 0) is 4.74 Å². The van der Waals surface area contributed by atoms with E-state index < -0.39 is 0 Å². The molecular weight excluding hydrogens is 214 g/mol. The minimum Gasteiger partial charge on any atom is -0.448 e. The smallest absolute Gasteiger partial charge is 0.409 e. The van der Waals surface area contributed by atoms with E-state index >= 15 is 0 Å². The lowest BCUT2D eigenvalue weighted by atomic mass is 10.3. The summed E-state index contributed by atoms with van der Waals surface area (Å²) in [7, 11) is 0. The Hall–Kier alpha value is -0.440. The maximum atomic E-state index is 11.6. The highest BCUT2D eigenvalue weighted by Gasteiger charge is 2.12. The van der Waals surface area contributed by atoms with Gasteiger partial charge in [-0.2, -0.15) is 0 Å².